The van der Waals surface area contributed by atoms with Gasteiger partial charge in [0.2, 0.25) is 0 Å². The maximum atomic E-state index is 13.7. The third-order valence-corrected chi connectivity index (χ3v) is 7.21. The molecule has 0 spiro atoms. The number of ether oxygens (including phenoxy) is 2. The van der Waals surface area contributed by atoms with Crippen LogP contribution < -0.4 is 13.8 Å². The summed E-state index contributed by atoms with van der Waals surface area (Å²) in [5.41, 5.74) is 2.89. The summed E-state index contributed by atoms with van der Waals surface area (Å²) in [6.45, 7) is 3.79. The molecule has 0 aliphatic rings. The number of rotatable bonds is 7. The Hall–Kier alpha value is -2.70. The smallest absolute Gasteiger partial charge is 0.264 e. The van der Waals surface area contributed by atoms with Crippen LogP contribution in [0.1, 0.15) is 16.7 Å². The van der Waals surface area contributed by atoms with Crippen LogP contribution in [0, 0.1) is 13.8 Å². The van der Waals surface area contributed by atoms with Crippen molar-refractivity contribution in [3.05, 3.63) is 82.4 Å². The minimum atomic E-state index is -3.88. The fraction of sp³-hybridized carbons (Fsp3) is 0.217. The molecule has 0 N–H and O–H groups in total. The van der Waals surface area contributed by atoms with Crippen molar-refractivity contribution < 1.29 is 17.9 Å². The van der Waals surface area contributed by atoms with Crippen LogP contribution >= 0.6 is 11.6 Å². The average Bonchev–Trinajstić information content (AvgIpc) is 2.74. The van der Waals surface area contributed by atoms with Crippen molar-refractivity contribution in [2.24, 2.45) is 0 Å². The molecule has 0 fully saturated rings. The van der Waals surface area contributed by atoms with Crippen molar-refractivity contribution in [2.45, 2.75) is 25.3 Å². The molecular formula is C23H24ClNO4S. The first kappa shape index (κ1) is 22.0. The summed E-state index contributed by atoms with van der Waals surface area (Å²) in [6, 6.07) is 17.6. The lowest BCUT2D eigenvalue weighted by Crippen LogP contribution is -2.31. The highest BCUT2D eigenvalue weighted by molar-refractivity contribution is 7.92. The van der Waals surface area contributed by atoms with Crippen LogP contribution in [0.15, 0.2) is 65.6 Å². The first-order chi connectivity index (χ1) is 14.3. The van der Waals surface area contributed by atoms with Crippen LogP contribution in [0.4, 0.5) is 5.69 Å². The van der Waals surface area contributed by atoms with Gasteiger partial charge in [-0.1, -0.05) is 41.4 Å². The molecule has 0 amide bonds. The molecule has 3 rings (SSSR count). The van der Waals surface area contributed by atoms with Gasteiger partial charge in [0.1, 0.15) is 0 Å². The molecule has 0 bridgehead atoms. The monoisotopic (exact) mass is 445 g/mol. The maximum Gasteiger partial charge on any atom is 0.264 e. The molecule has 0 radical (unpaired) electrons. The van der Waals surface area contributed by atoms with E-state index in [9.17, 15) is 8.42 Å². The summed E-state index contributed by atoms with van der Waals surface area (Å²) in [4.78, 5) is 0.177. The molecule has 0 unspecified atom stereocenters. The Morgan fingerprint density at radius 3 is 2.20 bits per heavy atom. The van der Waals surface area contributed by atoms with E-state index in [1.807, 2.05) is 25.1 Å². The number of methoxy groups -OCH3 is 2. The second kappa shape index (κ2) is 8.98. The van der Waals surface area contributed by atoms with E-state index in [1.54, 1.807) is 63.6 Å². The lowest BCUT2D eigenvalue weighted by Gasteiger charge is -2.26. The number of halogens is 1. The largest absolute Gasteiger partial charge is 0.493 e. The van der Waals surface area contributed by atoms with Gasteiger partial charge in [0.25, 0.3) is 10.0 Å². The topological polar surface area (TPSA) is 55.8 Å². The standard InChI is InChI=1S/C23H24ClNO4S/c1-16-8-11-19(12-9-16)25(15-18-10-13-21(28-3)22(14-18)29-4)30(26,27)23-7-5-6-20(24)17(23)2/h5-14H,15H2,1-4H3. The number of sulfonamides is 1. The number of anilines is 1. The molecule has 0 aliphatic carbocycles. The second-order valence-corrected chi connectivity index (χ2v) is 9.14. The third-order valence-electron chi connectivity index (χ3n) is 4.88. The molecule has 0 heterocycles. The minimum Gasteiger partial charge on any atom is -0.493 e. The van der Waals surface area contributed by atoms with Gasteiger partial charge in [-0.25, -0.2) is 8.42 Å². The Labute approximate surface area is 182 Å². The zero-order valence-corrected chi connectivity index (χ0v) is 18.9. The normalized spacial score (nSPS) is 11.2. The van der Waals surface area contributed by atoms with E-state index >= 15 is 0 Å². The van der Waals surface area contributed by atoms with E-state index in [1.165, 1.54) is 4.31 Å². The van der Waals surface area contributed by atoms with Gasteiger partial charge >= 0.3 is 0 Å². The molecule has 3 aromatic rings. The number of benzene rings is 3. The Balaban J connectivity index is 2.12. The SMILES string of the molecule is COc1ccc(CN(c2ccc(C)cc2)S(=O)(=O)c2cccc(Cl)c2C)cc1OC. The summed E-state index contributed by atoms with van der Waals surface area (Å²) >= 11 is 6.21. The zero-order chi connectivity index (χ0) is 21.9. The van der Waals surface area contributed by atoms with Crippen LogP contribution in [0.25, 0.3) is 0 Å². The number of nitrogens with zero attached hydrogens (tertiary/aromatic N) is 1. The van der Waals surface area contributed by atoms with Gasteiger partial charge in [0, 0.05) is 5.02 Å². The van der Waals surface area contributed by atoms with Crippen molar-refractivity contribution in [2.75, 3.05) is 18.5 Å². The van der Waals surface area contributed by atoms with Gasteiger partial charge < -0.3 is 9.47 Å². The quantitative estimate of drug-likeness (QED) is 0.490. The van der Waals surface area contributed by atoms with Crippen molar-refractivity contribution in [3.8, 4) is 11.5 Å². The van der Waals surface area contributed by atoms with Crippen molar-refractivity contribution in [3.63, 3.8) is 0 Å². The Bertz CT molecular complexity index is 1140. The predicted molar refractivity (Wildman–Crippen MR) is 120 cm³/mol. The summed E-state index contributed by atoms with van der Waals surface area (Å²) in [6.07, 6.45) is 0. The van der Waals surface area contributed by atoms with E-state index in [0.717, 1.165) is 11.1 Å². The fourth-order valence-electron chi connectivity index (χ4n) is 3.16. The zero-order valence-electron chi connectivity index (χ0n) is 17.3. The van der Waals surface area contributed by atoms with Crippen molar-refractivity contribution in [1.82, 2.24) is 0 Å². The summed E-state index contributed by atoms with van der Waals surface area (Å²) in [5.74, 6) is 1.12. The first-order valence-corrected chi connectivity index (χ1v) is 11.1. The van der Waals surface area contributed by atoms with E-state index in [4.69, 9.17) is 21.1 Å². The predicted octanol–water partition coefficient (Wildman–Crippen LogP) is 5.37. The van der Waals surface area contributed by atoms with Gasteiger partial charge in [0.15, 0.2) is 11.5 Å². The lowest BCUT2D eigenvalue weighted by molar-refractivity contribution is 0.354. The van der Waals surface area contributed by atoms with Crippen LogP contribution in [-0.4, -0.2) is 22.6 Å². The fourth-order valence-corrected chi connectivity index (χ4v) is 5.09. The molecule has 5 nitrogen and oxygen atoms in total. The third kappa shape index (κ3) is 4.40. The van der Waals surface area contributed by atoms with E-state index in [0.29, 0.717) is 27.8 Å². The highest BCUT2D eigenvalue weighted by atomic mass is 35.5. The van der Waals surface area contributed by atoms with Crippen LogP contribution in [0.2, 0.25) is 5.02 Å². The van der Waals surface area contributed by atoms with Crippen LogP contribution in [-0.2, 0) is 16.6 Å². The van der Waals surface area contributed by atoms with Gasteiger partial charge in [-0.3, -0.25) is 4.31 Å². The highest BCUT2D eigenvalue weighted by Gasteiger charge is 2.27. The van der Waals surface area contributed by atoms with Gasteiger partial charge in [-0.15, -0.1) is 0 Å². The number of hydrogen-bond acceptors (Lipinski definition) is 4. The maximum absolute atomic E-state index is 13.7. The van der Waals surface area contributed by atoms with Crippen molar-refractivity contribution >= 4 is 27.3 Å². The molecular weight excluding hydrogens is 422 g/mol. The van der Waals surface area contributed by atoms with Crippen LogP contribution in [0.5, 0.6) is 11.5 Å². The highest BCUT2D eigenvalue weighted by Crippen LogP contribution is 2.33. The van der Waals surface area contributed by atoms with Crippen LogP contribution in [0.3, 0.4) is 0 Å². The molecule has 7 heteroatoms. The summed E-state index contributed by atoms with van der Waals surface area (Å²) in [5, 5.41) is 0.408. The van der Waals surface area contributed by atoms with E-state index < -0.39 is 10.0 Å². The molecule has 0 saturated heterocycles. The Morgan fingerprint density at radius 2 is 1.57 bits per heavy atom. The van der Waals surface area contributed by atoms with Gasteiger partial charge in [-0.2, -0.15) is 0 Å². The molecule has 0 saturated carbocycles. The van der Waals surface area contributed by atoms with E-state index in [2.05, 4.69) is 0 Å². The molecule has 3 aromatic carbocycles. The summed E-state index contributed by atoms with van der Waals surface area (Å²) in [7, 11) is -0.772. The molecule has 0 atom stereocenters. The van der Waals surface area contributed by atoms with Gasteiger partial charge in [-0.05, 0) is 61.4 Å². The minimum absolute atomic E-state index is 0.123. The first-order valence-electron chi connectivity index (χ1n) is 9.33. The number of hydrogen-bond donors (Lipinski definition) is 0. The Kier molecular flexibility index (Phi) is 6.58. The second-order valence-electron chi connectivity index (χ2n) is 6.90. The molecule has 30 heavy (non-hydrogen) atoms. The van der Waals surface area contributed by atoms with Gasteiger partial charge in [0.05, 0.1) is 31.3 Å². The van der Waals surface area contributed by atoms with E-state index in [-0.39, 0.29) is 11.4 Å². The molecule has 0 aromatic heterocycles. The average molecular weight is 446 g/mol. The number of aryl methyl sites for hydroxylation is 1. The molecule has 158 valence electrons. The lowest BCUT2D eigenvalue weighted by atomic mass is 10.2. The summed E-state index contributed by atoms with van der Waals surface area (Å²) < 4.78 is 39.4. The molecule has 0 aliphatic heterocycles. The Morgan fingerprint density at radius 1 is 0.900 bits per heavy atom. The van der Waals surface area contributed by atoms with Crippen molar-refractivity contribution in [1.29, 1.82) is 0 Å².